The molecule has 1 aliphatic rings. The van der Waals surface area contributed by atoms with Gasteiger partial charge in [0.05, 0.1) is 30.7 Å². The molecule has 1 aliphatic heterocycles. The van der Waals surface area contributed by atoms with Crippen LogP contribution >= 0.6 is 0 Å². The average Bonchev–Trinajstić information content (AvgIpc) is 3.17. The van der Waals surface area contributed by atoms with E-state index in [1.54, 1.807) is 30.2 Å². The van der Waals surface area contributed by atoms with Crippen molar-refractivity contribution < 1.29 is 23.8 Å². The topological polar surface area (TPSA) is 89.2 Å². The molecule has 4 aromatic rings. The Bertz CT molecular complexity index is 1550. The largest absolute Gasteiger partial charge is 0.504 e. The van der Waals surface area contributed by atoms with Crippen molar-refractivity contribution in [3.05, 3.63) is 98.4 Å². The van der Waals surface area contributed by atoms with Gasteiger partial charge >= 0.3 is 0 Å². The number of amides is 1. The molecule has 7 heteroatoms. The van der Waals surface area contributed by atoms with Gasteiger partial charge in [-0.15, -0.1) is 0 Å². The van der Waals surface area contributed by atoms with Crippen LogP contribution in [0.1, 0.15) is 51.3 Å². The van der Waals surface area contributed by atoms with Crippen LogP contribution in [0.4, 0.5) is 0 Å². The van der Waals surface area contributed by atoms with Crippen molar-refractivity contribution in [1.82, 2.24) is 4.90 Å². The molecule has 0 aliphatic carbocycles. The molecule has 5 rings (SSSR count). The number of ether oxygens (including phenoxy) is 2. The van der Waals surface area contributed by atoms with Crippen molar-refractivity contribution in [1.29, 1.82) is 0 Å². The first-order valence-corrected chi connectivity index (χ1v) is 12.3. The predicted octanol–water partition coefficient (Wildman–Crippen LogP) is 5.31. The number of rotatable bonds is 7. The molecule has 1 aromatic heterocycles. The van der Waals surface area contributed by atoms with E-state index in [0.717, 1.165) is 22.4 Å². The van der Waals surface area contributed by atoms with Gasteiger partial charge in [-0.05, 0) is 79.8 Å². The van der Waals surface area contributed by atoms with Gasteiger partial charge in [0.2, 0.25) is 5.76 Å². The van der Waals surface area contributed by atoms with E-state index in [-0.39, 0.29) is 22.8 Å². The Morgan fingerprint density at radius 2 is 1.78 bits per heavy atom. The van der Waals surface area contributed by atoms with Gasteiger partial charge in [-0.25, -0.2) is 0 Å². The summed E-state index contributed by atoms with van der Waals surface area (Å²) >= 11 is 0. The third kappa shape index (κ3) is 4.31. The zero-order valence-electron chi connectivity index (χ0n) is 21.3. The summed E-state index contributed by atoms with van der Waals surface area (Å²) in [5, 5.41) is 10.7. The quantitative estimate of drug-likeness (QED) is 0.371. The Kier molecular flexibility index (Phi) is 6.38. The van der Waals surface area contributed by atoms with Crippen LogP contribution in [0.25, 0.3) is 11.0 Å². The van der Waals surface area contributed by atoms with Gasteiger partial charge < -0.3 is 23.9 Å². The Morgan fingerprint density at radius 1 is 1.03 bits per heavy atom. The summed E-state index contributed by atoms with van der Waals surface area (Å²) in [5.41, 5.74) is 3.96. The molecule has 0 radical (unpaired) electrons. The number of carbonyl (C=O) groups excluding carboxylic acids is 1. The Labute approximate surface area is 214 Å². The van der Waals surface area contributed by atoms with Crippen molar-refractivity contribution in [2.75, 3.05) is 20.3 Å². The van der Waals surface area contributed by atoms with Gasteiger partial charge in [-0.2, -0.15) is 0 Å². The van der Waals surface area contributed by atoms with Crippen LogP contribution < -0.4 is 14.9 Å². The number of nitrogens with zero attached hydrogens (tertiary/aromatic N) is 1. The number of benzene rings is 3. The van der Waals surface area contributed by atoms with Gasteiger partial charge in [-0.1, -0.05) is 24.3 Å². The van der Waals surface area contributed by atoms with E-state index >= 15 is 0 Å². The standard InChI is InChI=1S/C30H29NO6/c1-5-36-24-16-20(8-11-23(24)32)26-25-27(33)22-15-17(2)14-18(3)28(22)37-29(25)30(34)31(26)13-12-19-6-9-21(35-4)10-7-19/h6-11,14-16,26,32H,5,12-13H2,1-4H3/t26-/m1/s1. The number of hydrogen-bond acceptors (Lipinski definition) is 6. The molecule has 37 heavy (non-hydrogen) atoms. The number of phenolic OH excluding ortho intramolecular Hbond substituents is 1. The first-order valence-electron chi connectivity index (χ1n) is 12.3. The van der Waals surface area contributed by atoms with E-state index in [2.05, 4.69) is 0 Å². The Morgan fingerprint density at radius 3 is 2.49 bits per heavy atom. The minimum Gasteiger partial charge on any atom is -0.504 e. The predicted molar refractivity (Wildman–Crippen MR) is 141 cm³/mol. The lowest BCUT2D eigenvalue weighted by molar-refractivity contribution is 0.0729. The highest BCUT2D eigenvalue weighted by molar-refractivity contribution is 5.99. The number of carbonyl (C=O) groups is 1. The van der Waals surface area contributed by atoms with E-state index in [0.29, 0.717) is 47.4 Å². The smallest absolute Gasteiger partial charge is 0.290 e. The van der Waals surface area contributed by atoms with E-state index in [9.17, 15) is 14.7 Å². The number of aromatic hydroxyl groups is 1. The molecule has 7 nitrogen and oxygen atoms in total. The van der Waals surface area contributed by atoms with Crippen LogP contribution in [0, 0.1) is 13.8 Å². The number of methoxy groups -OCH3 is 1. The monoisotopic (exact) mass is 499 g/mol. The second-order valence-electron chi connectivity index (χ2n) is 9.29. The van der Waals surface area contributed by atoms with Crippen LogP contribution in [0.5, 0.6) is 17.2 Å². The summed E-state index contributed by atoms with van der Waals surface area (Å²) < 4.78 is 17.0. The fourth-order valence-electron chi connectivity index (χ4n) is 5.07. The molecular formula is C30H29NO6. The number of phenols is 1. The maximum Gasteiger partial charge on any atom is 0.290 e. The maximum absolute atomic E-state index is 13.9. The molecule has 0 unspecified atom stereocenters. The van der Waals surface area contributed by atoms with Crippen molar-refractivity contribution in [2.24, 2.45) is 0 Å². The van der Waals surface area contributed by atoms with Crippen LogP contribution in [0.3, 0.4) is 0 Å². The van der Waals surface area contributed by atoms with Gasteiger partial charge in [0.1, 0.15) is 11.3 Å². The summed E-state index contributed by atoms with van der Waals surface area (Å²) in [4.78, 5) is 29.3. The molecule has 0 bridgehead atoms. The fraction of sp³-hybridized carbons (Fsp3) is 0.267. The lowest BCUT2D eigenvalue weighted by Gasteiger charge is -2.25. The first kappa shape index (κ1) is 24.4. The molecule has 0 spiro atoms. The minimum absolute atomic E-state index is 0.00303. The lowest BCUT2D eigenvalue weighted by atomic mass is 9.97. The first-order chi connectivity index (χ1) is 17.8. The van der Waals surface area contributed by atoms with E-state index in [1.165, 1.54) is 6.07 Å². The third-order valence-corrected chi connectivity index (χ3v) is 6.80. The van der Waals surface area contributed by atoms with Crippen molar-refractivity contribution in [2.45, 2.75) is 33.2 Å². The van der Waals surface area contributed by atoms with E-state index < -0.39 is 6.04 Å². The van der Waals surface area contributed by atoms with E-state index in [1.807, 2.05) is 51.1 Å². The number of aryl methyl sites for hydroxylation is 2. The summed E-state index contributed by atoms with van der Waals surface area (Å²) in [6.07, 6.45) is 0.572. The van der Waals surface area contributed by atoms with Crippen molar-refractivity contribution in [3.63, 3.8) is 0 Å². The molecule has 1 N–H and O–H groups in total. The highest BCUT2D eigenvalue weighted by Crippen LogP contribution is 2.41. The second kappa shape index (κ2) is 9.65. The summed E-state index contributed by atoms with van der Waals surface area (Å²) in [6, 6.07) is 15.7. The molecule has 0 saturated heterocycles. The molecule has 0 fully saturated rings. The summed E-state index contributed by atoms with van der Waals surface area (Å²) in [5.74, 6) is 0.782. The van der Waals surface area contributed by atoms with Gasteiger partial charge in [0.15, 0.2) is 16.9 Å². The Hall–Kier alpha value is -4.26. The fourth-order valence-corrected chi connectivity index (χ4v) is 5.07. The van der Waals surface area contributed by atoms with Gasteiger partial charge in [0.25, 0.3) is 5.91 Å². The number of fused-ring (bicyclic) bond motifs is 2. The van der Waals surface area contributed by atoms with Crippen LogP contribution in [-0.4, -0.2) is 36.2 Å². The summed E-state index contributed by atoms with van der Waals surface area (Å²) in [7, 11) is 1.62. The lowest BCUT2D eigenvalue weighted by Crippen LogP contribution is -2.31. The van der Waals surface area contributed by atoms with Gasteiger partial charge in [-0.3, -0.25) is 9.59 Å². The molecule has 2 heterocycles. The average molecular weight is 500 g/mol. The molecular weight excluding hydrogens is 470 g/mol. The third-order valence-electron chi connectivity index (χ3n) is 6.80. The molecule has 0 saturated carbocycles. The number of hydrogen-bond donors (Lipinski definition) is 1. The SMILES string of the molecule is CCOc1cc([C@@H]2c3c(oc4c(C)cc(C)cc4c3=O)C(=O)N2CCc2ccc(OC)cc2)ccc1O. The zero-order valence-corrected chi connectivity index (χ0v) is 21.3. The van der Waals surface area contributed by atoms with Crippen LogP contribution in [0.2, 0.25) is 0 Å². The van der Waals surface area contributed by atoms with Crippen molar-refractivity contribution in [3.8, 4) is 17.2 Å². The molecule has 3 aromatic carbocycles. The normalized spacial score (nSPS) is 14.8. The van der Waals surface area contributed by atoms with Crippen LogP contribution in [-0.2, 0) is 6.42 Å². The van der Waals surface area contributed by atoms with Crippen LogP contribution in [0.15, 0.2) is 63.8 Å². The highest BCUT2D eigenvalue weighted by atomic mass is 16.5. The highest BCUT2D eigenvalue weighted by Gasteiger charge is 2.43. The molecule has 190 valence electrons. The zero-order chi connectivity index (χ0) is 26.3. The maximum atomic E-state index is 13.9. The second-order valence-corrected chi connectivity index (χ2v) is 9.29. The minimum atomic E-state index is -0.679. The molecule has 1 amide bonds. The van der Waals surface area contributed by atoms with Gasteiger partial charge in [0, 0.05) is 6.54 Å². The molecule has 1 atom stereocenters. The van der Waals surface area contributed by atoms with Crippen molar-refractivity contribution >= 4 is 16.9 Å². The Balaban J connectivity index is 1.64. The van der Waals surface area contributed by atoms with E-state index in [4.69, 9.17) is 13.9 Å². The summed E-state index contributed by atoms with van der Waals surface area (Å²) in [6.45, 7) is 6.35.